The highest BCUT2D eigenvalue weighted by Crippen LogP contribution is 2.27. The predicted molar refractivity (Wildman–Crippen MR) is 93.0 cm³/mol. The van der Waals surface area contributed by atoms with Gasteiger partial charge in [-0.25, -0.2) is 0 Å². The van der Waals surface area contributed by atoms with Crippen LogP contribution in [0.2, 0.25) is 0 Å². The summed E-state index contributed by atoms with van der Waals surface area (Å²) >= 11 is 0. The quantitative estimate of drug-likeness (QED) is 0.714. The number of ether oxygens (including phenoxy) is 3. The summed E-state index contributed by atoms with van der Waals surface area (Å²) in [4.78, 5) is 12.0. The van der Waals surface area contributed by atoms with Crippen LogP contribution in [0.4, 0.5) is 14.5 Å². The van der Waals surface area contributed by atoms with Crippen LogP contribution in [0.3, 0.4) is 0 Å². The predicted octanol–water partition coefficient (Wildman–Crippen LogP) is 3.03. The molecular weight excluding hydrogens is 346 g/mol. The number of benzene rings is 2. The number of rotatable bonds is 9. The Kier molecular flexibility index (Phi) is 7.02. The fraction of sp³-hybridized carbons (Fsp3) is 0.278. The maximum Gasteiger partial charge on any atom is 0.387 e. The van der Waals surface area contributed by atoms with E-state index in [9.17, 15) is 13.6 Å². The Labute approximate surface area is 150 Å². The van der Waals surface area contributed by atoms with Crippen LogP contribution < -0.4 is 24.8 Å². The minimum absolute atomic E-state index is 0.0183. The van der Waals surface area contributed by atoms with Crippen LogP contribution in [0.25, 0.3) is 0 Å². The highest BCUT2D eigenvalue weighted by molar-refractivity contribution is 5.81. The van der Waals surface area contributed by atoms with Crippen LogP contribution in [-0.2, 0) is 11.3 Å². The van der Waals surface area contributed by atoms with E-state index in [1.54, 1.807) is 43.5 Å². The van der Waals surface area contributed by atoms with Gasteiger partial charge in [-0.2, -0.15) is 8.78 Å². The SMILES string of the molecule is COc1ccc(CNC(=O)CNc2ccccc2OC(F)F)cc1OC. The first-order valence-electron chi connectivity index (χ1n) is 7.78. The summed E-state index contributed by atoms with van der Waals surface area (Å²) in [6.45, 7) is -2.73. The van der Waals surface area contributed by atoms with Gasteiger partial charge >= 0.3 is 6.61 Å². The lowest BCUT2D eigenvalue weighted by Gasteiger charge is -2.13. The molecular formula is C18H20F2N2O4. The second-order valence-corrected chi connectivity index (χ2v) is 5.19. The van der Waals surface area contributed by atoms with Crippen LogP contribution in [0.15, 0.2) is 42.5 Å². The van der Waals surface area contributed by atoms with Crippen LogP contribution in [-0.4, -0.2) is 33.3 Å². The summed E-state index contributed by atoms with van der Waals surface area (Å²) in [5.74, 6) is 0.845. The zero-order valence-corrected chi connectivity index (χ0v) is 14.4. The molecule has 0 unspecified atom stereocenters. The maximum atomic E-state index is 12.4. The number of nitrogens with one attached hydrogen (secondary N) is 2. The fourth-order valence-corrected chi connectivity index (χ4v) is 2.24. The monoisotopic (exact) mass is 366 g/mol. The Morgan fingerprint density at radius 3 is 2.46 bits per heavy atom. The molecule has 0 saturated heterocycles. The van der Waals surface area contributed by atoms with Gasteiger partial charge in [0, 0.05) is 6.54 Å². The van der Waals surface area contributed by atoms with Gasteiger partial charge in [0.05, 0.1) is 26.5 Å². The summed E-state index contributed by atoms with van der Waals surface area (Å²) in [6.07, 6.45) is 0. The molecule has 0 aliphatic carbocycles. The van der Waals surface area contributed by atoms with Crippen molar-refractivity contribution in [3.8, 4) is 17.2 Å². The summed E-state index contributed by atoms with van der Waals surface area (Å²) in [7, 11) is 3.07. The van der Waals surface area contributed by atoms with Crippen molar-refractivity contribution in [2.24, 2.45) is 0 Å². The van der Waals surface area contributed by atoms with E-state index in [0.717, 1.165) is 5.56 Å². The number of alkyl halides is 2. The van der Waals surface area contributed by atoms with Gasteiger partial charge in [0.2, 0.25) is 5.91 Å². The van der Waals surface area contributed by atoms with E-state index in [0.29, 0.717) is 17.2 Å². The second kappa shape index (κ2) is 9.45. The molecule has 0 spiro atoms. The molecule has 0 atom stereocenters. The molecule has 0 aliphatic heterocycles. The van der Waals surface area contributed by atoms with Crippen molar-refractivity contribution in [2.75, 3.05) is 26.1 Å². The van der Waals surface area contributed by atoms with E-state index in [1.807, 2.05) is 0 Å². The topological polar surface area (TPSA) is 68.8 Å². The summed E-state index contributed by atoms with van der Waals surface area (Å²) in [6, 6.07) is 11.5. The van der Waals surface area contributed by atoms with Crippen molar-refractivity contribution in [3.63, 3.8) is 0 Å². The lowest BCUT2D eigenvalue weighted by atomic mass is 10.2. The van der Waals surface area contributed by atoms with Gasteiger partial charge in [-0.15, -0.1) is 0 Å². The molecule has 6 nitrogen and oxygen atoms in total. The molecule has 1 amide bonds. The standard InChI is InChI=1S/C18H20F2N2O4/c1-24-15-8-7-12(9-16(15)25-2)10-22-17(23)11-21-13-5-3-4-6-14(13)26-18(19)20/h3-9,18,21H,10-11H2,1-2H3,(H,22,23). The van der Waals surface area contributed by atoms with Gasteiger partial charge in [-0.3, -0.25) is 4.79 Å². The van der Waals surface area contributed by atoms with Crippen molar-refractivity contribution in [1.29, 1.82) is 0 Å². The number of halogens is 2. The third-order valence-electron chi connectivity index (χ3n) is 3.48. The molecule has 140 valence electrons. The van der Waals surface area contributed by atoms with Gasteiger partial charge < -0.3 is 24.8 Å². The third-order valence-corrected chi connectivity index (χ3v) is 3.48. The van der Waals surface area contributed by atoms with Crippen LogP contribution >= 0.6 is 0 Å². The first-order chi connectivity index (χ1) is 12.5. The molecule has 0 aliphatic rings. The molecule has 0 radical (unpaired) electrons. The normalized spacial score (nSPS) is 10.3. The number of para-hydroxylation sites is 2. The first kappa shape index (κ1) is 19.3. The molecule has 2 N–H and O–H groups in total. The lowest BCUT2D eigenvalue weighted by Crippen LogP contribution is -2.29. The van der Waals surface area contributed by atoms with Crippen molar-refractivity contribution in [1.82, 2.24) is 5.32 Å². The summed E-state index contributed by atoms with van der Waals surface area (Å²) in [5.41, 5.74) is 1.14. The molecule has 0 bridgehead atoms. The molecule has 2 rings (SSSR count). The maximum absolute atomic E-state index is 12.4. The molecule has 0 aromatic heterocycles. The summed E-state index contributed by atoms with van der Waals surface area (Å²) < 4.78 is 39.5. The third kappa shape index (κ3) is 5.51. The van der Waals surface area contributed by atoms with E-state index in [1.165, 1.54) is 13.2 Å². The van der Waals surface area contributed by atoms with E-state index < -0.39 is 6.61 Å². The van der Waals surface area contributed by atoms with Crippen molar-refractivity contribution in [3.05, 3.63) is 48.0 Å². The average molecular weight is 366 g/mol. The second-order valence-electron chi connectivity index (χ2n) is 5.19. The largest absolute Gasteiger partial charge is 0.493 e. The van der Waals surface area contributed by atoms with E-state index >= 15 is 0 Å². The highest BCUT2D eigenvalue weighted by atomic mass is 19.3. The molecule has 8 heteroatoms. The van der Waals surface area contributed by atoms with E-state index in [2.05, 4.69) is 15.4 Å². The zero-order valence-electron chi connectivity index (χ0n) is 14.4. The number of carbonyl (C=O) groups excluding carboxylic acids is 1. The Morgan fingerprint density at radius 2 is 1.77 bits per heavy atom. The van der Waals surface area contributed by atoms with Gasteiger partial charge in [-0.1, -0.05) is 18.2 Å². The number of hydrogen-bond acceptors (Lipinski definition) is 5. The number of amides is 1. The molecule has 0 saturated carbocycles. The van der Waals surface area contributed by atoms with Crippen LogP contribution in [0, 0.1) is 0 Å². The smallest absolute Gasteiger partial charge is 0.387 e. The Bertz CT molecular complexity index is 741. The lowest BCUT2D eigenvalue weighted by molar-refractivity contribution is -0.119. The number of methoxy groups -OCH3 is 2. The summed E-state index contributed by atoms with van der Waals surface area (Å²) in [5, 5.41) is 5.51. The molecule has 0 fully saturated rings. The Hall–Kier alpha value is -3.03. The zero-order chi connectivity index (χ0) is 18.9. The molecule has 0 heterocycles. The van der Waals surface area contributed by atoms with Gasteiger partial charge in [-0.05, 0) is 29.8 Å². The Morgan fingerprint density at radius 1 is 1.04 bits per heavy atom. The van der Waals surface area contributed by atoms with Crippen molar-refractivity contribution < 1.29 is 27.8 Å². The van der Waals surface area contributed by atoms with Gasteiger partial charge in [0.25, 0.3) is 0 Å². The highest BCUT2D eigenvalue weighted by Gasteiger charge is 2.10. The minimum Gasteiger partial charge on any atom is -0.493 e. The first-order valence-corrected chi connectivity index (χ1v) is 7.78. The molecule has 2 aromatic rings. The van der Waals surface area contributed by atoms with Crippen molar-refractivity contribution in [2.45, 2.75) is 13.2 Å². The molecule has 26 heavy (non-hydrogen) atoms. The van der Waals surface area contributed by atoms with Crippen LogP contribution in [0.5, 0.6) is 17.2 Å². The number of carbonyl (C=O) groups is 1. The average Bonchev–Trinajstić information content (AvgIpc) is 2.64. The van der Waals surface area contributed by atoms with Crippen molar-refractivity contribution >= 4 is 11.6 Å². The van der Waals surface area contributed by atoms with E-state index in [-0.39, 0.29) is 24.7 Å². The van der Waals surface area contributed by atoms with E-state index in [4.69, 9.17) is 9.47 Å². The van der Waals surface area contributed by atoms with Gasteiger partial charge in [0.1, 0.15) is 5.75 Å². The number of anilines is 1. The van der Waals surface area contributed by atoms with Crippen LogP contribution in [0.1, 0.15) is 5.56 Å². The minimum atomic E-state index is -2.93. The number of hydrogen-bond donors (Lipinski definition) is 2. The molecule has 2 aromatic carbocycles. The fourth-order valence-electron chi connectivity index (χ4n) is 2.24. The van der Waals surface area contributed by atoms with Gasteiger partial charge in [0.15, 0.2) is 11.5 Å². The Balaban J connectivity index is 1.88.